The Labute approximate surface area is 115 Å². The largest absolute Gasteiger partial charge is 0.349 e. The van der Waals surface area contributed by atoms with Crippen LogP contribution in [0.15, 0.2) is 6.20 Å². The van der Waals surface area contributed by atoms with Crippen molar-refractivity contribution in [3.05, 3.63) is 17.5 Å². The van der Waals surface area contributed by atoms with Crippen molar-refractivity contribution in [3.8, 4) is 0 Å². The zero-order chi connectivity index (χ0) is 14.2. The standard InChI is InChI=1S/C15H25N3O/c1-10(2)6-14(19)17-12-7-15(3,4)8-13-11(12)9-16-18(13)5/h9-10,12H,6-8H2,1-5H3,(H,17,19)/t12-/m1/s1. The van der Waals surface area contributed by atoms with Gasteiger partial charge in [0.15, 0.2) is 0 Å². The molecule has 1 atom stereocenters. The maximum atomic E-state index is 12.0. The van der Waals surface area contributed by atoms with Gasteiger partial charge in [0.2, 0.25) is 5.91 Å². The van der Waals surface area contributed by atoms with Crippen LogP contribution in [0.2, 0.25) is 0 Å². The lowest BCUT2D eigenvalue weighted by Crippen LogP contribution is -2.37. The predicted molar refractivity (Wildman–Crippen MR) is 75.6 cm³/mol. The van der Waals surface area contributed by atoms with Crippen molar-refractivity contribution in [2.24, 2.45) is 18.4 Å². The molecule has 0 aliphatic heterocycles. The average Bonchev–Trinajstić information content (AvgIpc) is 2.57. The summed E-state index contributed by atoms with van der Waals surface area (Å²) in [5.41, 5.74) is 2.65. The number of carbonyl (C=O) groups is 1. The highest BCUT2D eigenvalue weighted by molar-refractivity contribution is 5.76. The van der Waals surface area contributed by atoms with Gasteiger partial charge in [-0.2, -0.15) is 5.10 Å². The van der Waals surface area contributed by atoms with E-state index in [1.165, 1.54) is 11.3 Å². The number of amides is 1. The Morgan fingerprint density at radius 1 is 1.58 bits per heavy atom. The van der Waals surface area contributed by atoms with Gasteiger partial charge in [-0.15, -0.1) is 0 Å². The quantitative estimate of drug-likeness (QED) is 0.911. The van der Waals surface area contributed by atoms with Gasteiger partial charge in [0.1, 0.15) is 0 Å². The molecule has 4 heteroatoms. The second kappa shape index (κ2) is 4.99. The van der Waals surface area contributed by atoms with Crippen molar-refractivity contribution in [1.82, 2.24) is 15.1 Å². The van der Waals surface area contributed by atoms with Crippen molar-refractivity contribution in [2.75, 3.05) is 0 Å². The Hall–Kier alpha value is -1.32. The van der Waals surface area contributed by atoms with Gasteiger partial charge in [-0.25, -0.2) is 0 Å². The van der Waals surface area contributed by atoms with Crippen molar-refractivity contribution in [2.45, 2.75) is 53.0 Å². The molecule has 0 saturated heterocycles. The van der Waals surface area contributed by atoms with Crippen LogP contribution in [0.4, 0.5) is 0 Å². The van der Waals surface area contributed by atoms with Gasteiger partial charge in [0.05, 0.1) is 12.2 Å². The number of nitrogens with zero attached hydrogens (tertiary/aromatic N) is 2. The summed E-state index contributed by atoms with van der Waals surface area (Å²) in [4.78, 5) is 12.0. The molecule has 1 aromatic heterocycles. The molecule has 2 rings (SSSR count). The summed E-state index contributed by atoms with van der Waals surface area (Å²) in [6.07, 6.45) is 4.50. The molecular weight excluding hydrogens is 238 g/mol. The molecule has 0 bridgehead atoms. The Bertz CT molecular complexity index is 474. The van der Waals surface area contributed by atoms with Crippen LogP contribution in [0.1, 0.15) is 57.8 Å². The first-order valence-corrected chi connectivity index (χ1v) is 7.08. The molecule has 1 heterocycles. The first-order chi connectivity index (χ1) is 8.78. The van der Waals surface area contributed by atoms with Gasteiger partial charge in [0.25, 0.3) is 0 Å². The molecule has 0 radical (unpaired) electrons. The predicted octanol–water partition coefficient (Wildman–Crippen LogP) is 2.60. The van der Waals surface area contributed by atoms with Gasteiger partial charge < -0.3 is 5.32 Å². The van der Waals surface area contributed by atoms with Gasteiger partial charge in [0, 0.05) is 24.7 Å². The van der Waals surface area contributed by atoms with Gasteiger partial charge in [-0.05, 0) is 24.2 Å². The lowest BCUT2D eigenvalue weighted by Gasteiger charge is -2.35. The highest BCUT2D eigenvalue weighted by atomic mass is 16.1. The number of rotatable bonds is 3. The third kappa shape index (κ3) is 3.17. The number of carbonyl (C=O) groups excluding carboxylic acids is 1. The number of aromatic nitrogens is 2. The fourth-order valence-corrected chi connectivity index (χ4v) is 2.93. The second-order valence-corrected chi connectivity index (χ2v) is 6.93. The first kappa shape index (κ1) is 14.1. The first-order valence-electron chi connectivity index (χ1n) is 7.08. The lowest BCUT2D eigenvalue weighted by atomic mass is 9.74. The summed E-state index contributed by atoms with van der Waals surface area (Å²) in [6, 6.07) is 0.110. The zero-order valence-electron chi connectivity index (χ0n) is 12.7. The molecule has 0 unspecified atom stereocenters. The van der Waals surface area contributed by atoms with E-state index in [1.807, 2.05) is 17.9 Å². The molecule has 4 nitrogen and oxygen atoms in total. The molecule has 1 aliphatic rings. The van der Waals surface area contributed by atoms with Crippen molar-refractivity contribution in [3.63, 3.8) is 0 Å². The van der Waals surface area contributed by atoms with Crippen molar-refractivity contribution < 1.29 is 4.79 Å². The summed E-state index contributed by atoms with van der Waals surface area (Å²) in [6.45, 7) is 8.65. The number of fused-ring (bicyclic) bond motifs is 1. The van der Waals surface area contributed by atoms with Crippen LogP contribution in [0.5, 0.6) is 0 Å². The molecule has 0 fully saturated rings. The van der Waals surface area contributed by atoms with Crippen molar-refractivity contribution >= 4 is 5.91 Å². The smallest absolute Gasteiger partial charge is 0.220 e. The summed E-state index contributed by atoms with van der Waals surface area (Å²) >= 11 is 0. The molecule has 0 saturated carbocycles. The SMILES string of the molecule is CC(C)CC(=O)N[C@@H]1CC(C)(C)Cc2c1cnn2C. The highest BCUT2D eigenvalue weighted by Gasteiger charge is 2.35. The molecule has 1 amide bonds. The molecule has 0 aromatic carbocycles. The van der Waals surface area contributed by atoms with E-state index < -0.39 is 0 Å². The maximum Gasteiger partial charge on any atom is 0.220 e. The van der Waals surface area contributed by atoms with Gasteiger partial charge in [-0.3, -0.25) is 9.48 Å². The molecule has 1 N–H and O–H groups in total. The fourth-order valence-electron chi connectivity index (χ4n) is 2.93. The Morgan fingerprint density at radius 3 is 2.89 bits per heavy atom. The molecule has 19 heavy (non-hydrogen) atoms. The summed E-state index contributed by atoms with van der Waals surface area (Å²) in [5.74, 6) is 0.539. The second-order valence-electron chi connectivity index (χ2n) is 6.93. The minimum atomic E-state index is 0.110. The summed E-state index contributed by atoms with van der Waals surface area (Å²) in [7, 11) is 1.98. The minimum absolute atomic E-state index is 0.110. The number of hydrogen-bond donors (Lipinski definition) is 1. The van der Waals surface area contributed by atoms with Crippen LogP contribution >= 0.6 is 0 Å². The topological polar surface area (TPSA) is 46.9 Å². The summed E-state index contributed by atoms with van der Waals surface area (Å²) < 4.78 is 1.94. The highest BCUT2D eigenvalue weighted by Crippen LogP contribution is 2.40. The van der Waals surface area contributed by atoms with Crippen LogP contribution in [0.3, 0.4) is 0 Å². The van der Waals surface area contributed by atoms with Crippen LogP contribution in [-0.2, 0) is 18.3 Å². The van der Waals surface area contributed by atoms with Gasteiger partial charge >= 0.3 is 0 Å². The average molecular weight is 263 g/mol. The van der Waals surface area contributed by atoms with E-state index in [9.17, 15) is 4.79 Å². The zero-order valence-corrected chi connectivity index (χ0v) is 12.7. The van der Waals surface area contributed by atoms with E-state index in [-0.39, 0.29) is 17.4 Å². The molecule has 1 aliphatic carbocycles. The van der Waals surface area contributed by atoms with E-state index in [1.54, 1.807) is 0 Å². The van der Waals surface area contributed by atoms with E-state index in [4.69, 9.17) is 0 Å². The lowest BCUT2D eigenvalue weighted by molar-refractivity contribution is -0.122. The number of nitrogens with one attached hydrogen (secondary N) is 1. The van der Waals surface area contributed by atoms with Crippen LogP contribution in [-0.4, -0.2) is 15.7 Å². The van der Waals surface area contributed by atoms with E-state index in [0.717, 1.165) is 12.8 Å². The molecule has 1 aromatic rings. The third-order valence-electron chi connectivity index (χ3n) is 3.80. The Balaban J connectivity index is 2.19. The number of aryl methyl sites for hydroxylation is 1. The fraction of sp³-hybridized carbons (Fsp3) is 0.733. The monoisotopic (exact) mass is 263 g/mol. The van der Waals surface area contributed by atoms with Gasteiger partial charge in [-0.1, -0.05) is 27.7 Å². The van der Waals surface area contributed by atoms with Crippen LogP contribution < -0.4 is 5.32 Å². The summed E-state index contributed by atoms with van der Waals surface area (Å²) in [5, 5.41) is 7.53. The molecule has 0 spiro atoms. The normalized spacial score (nSPS) is 21.3. The minimum Gasteiger partial charge on any atom is -0.349 e. The maximum absolute atomic E-state index is 12.0. The van der Waals surface area contributed by atoms with Crippen molar-refractivity contribution in [1.29, 1.82) is 0 Å². The number of hydrogen-bond acceptors (Lipinski definition) is 2. The molecule has 106 valence electrons. The molecular formula is C15H25N3O. The van der Waals surface area contributed by atoms with Crippen LogP contribution in [0.25, 0.3) is 0 Å². The third-order valence-corrected chi connectivity index (χ3v) is 3.80. The Kier molecular flexibility index (Phi) is 3.70. The van der Waals surface area contributed by atoms with Crippen LogP contribution in [0, 0.1) is 11.3 Å². The van der Waals surface area contributed by atoms with E-state index in [0.29, 0.717) is 12.3 Å². The van der Waals surface area contributed by atoms with E-state index >= 15 is 0 Å². The van der Waals surface area contributed by atoms with E-state index in [2.05, 4.69) is 38.1 Å². The Morgan fingerprint density at radius 2 is 2.26 bits per heavy atom.